The molecule has 0 saturated heterocycles. The van der Waals surface area contributed by atoms with Crippen molar-refractivity contribution in [2.45, 2.75) is 52.0 Å². The van der Waals surface area contributed by atoms with Crippen molar-refractivity contribution < 1.29 is 5.11 Å². The van der Waals surface area contributed by atoms with E-state index in [2.05, 4.69) is 45.0 Å². The SMILES string of the molecule is CC(C)Cc1ccc(C(C)(CCO)C(C)N)cc1. The summed E-state index contributed by atoms with van der Waals surface area (Å²) in [7, 11) is 0. The number of aliphatic hydroxyl groups is 1. The summed E-state index contributed by atoms with van der Waals surface area (Å²) in [6.45, 7) is 8.77. The number of hydrogen-bond donors (Lipinski definition) is 2. The average Bonchev–Trinajstić information content (AvgIpc) is 2.29. The average molecular weight is 249 g/mol. The number of aliphatic hydroxyl groups excluding tert-OH is 1. The summed E-state index contributed by atoms with van der Waals surface area (Å²) in [5.41, 5.74) is 8.54. The van der Waals surface area contributed by atoms with Crippen LogP contribution in [0.15, 0.2) is 24.3 Å². The van der Waals surface area contributed by atoms with Crippen molar-refractivity contribution in [2.24, 2.45) is 11.7 Å². The number of hydrogen-bond acceptors (Lipinski definition) is 2. The van der Waals surface area contributed by atoms with Gasteiger partial charge in [0, 0.05) is 18.1 Å². The molecule has 1 rings (SSSR count). The highest BCUT2D eigenvalue weighted by molar-refractivity contribution is 5.30. The fraction of sp³-hybridized carbons (Fsp3) is 0.625. The van der Waals surface area contributed by atoms with E-state index in [-0.39, 0.29) is 18.1 Å². The van der Waals surface area contributed by atoms with Crippen LogP contribution in [0.5, 0.6) is 0 Å². The molecule has 18 heavy (non-hydrogen) atoms. The molecule has 0 spiro atoms. The van der Waals surface area contributed by atoms with Crippen molar-refractivity contribution >= 4 is 0 Å². The maximum absolute atomic E-state index is 9.23. The fourth-order valence-electron chi connectivity index (χ4n) is 2.36. The summed E-state index contributed by atoms with van der Waals surface area (Å²) < 4.78 is 0. The predicted octanol–water partition coefficient (Wildman–Crippen LogP) is 2.87. The van der Waals surface area contributed by atoms with Crippen LogP contribution in [-0.2, 0) is 11.8 Å². The monoisotopic (exact) mass is 249 g/mol. The Morgan fingerprint density at radius 3 is 2.11 bits per heavy atom. The van der Waals surface area contributed by atoms with Gasteiger partial charge in [0.15, 0.2) is 0 Å². The molecule has 0 aliphatic heterocycles. The van der Waals surface area contributed by atoms with Crippen LogP contribution in [0, 0.1) is 5.92 Å². The minimum absolute atomic E-state index is 0.0283. The molecule has 1 aromatic carbocycles. The van der Waals surface area contributed by atoms with Gasteiger partial charge in [0.25, 0.3) is 0 Å². The molecule has 0 radical (unpaired) electrons. The van der Waals surface area contributed by atoms with Crippen LogP contribution >= 0.6 is 0 Å². The Morgan fingerprint density at radius 1 is 1.17 bits per heavy atom. The quantitative estimate of drug-likeness (QED) is 0.814. The zero-order chi connectivity index (χ0) is 13.8. The van der Waals surface area contributed by atoms with Gasteiger partial charge in [-0.1, -0.05) is 45.0 Å². The summed E-state index contributed by atoms with van der Waals surface area (Å²) in [4.78, 5) is 0. The number of benzene rings is 1. The molecule has 0 bridgehead atoms. The Bertz CT molecular complexity index is 356. The van der Waals surface area contributed by atoms with E-state index in [9.17, 15) is 5.11 Å². The second-order valence-electron chi connectivity index (χ2n) is 5.97. The van der Waals surface area contributed by atoms with Gasteiger partial charge in [0.05, 0.1) is 0 Å². The summed E-state index contributed by atoms with van der Waals surface area (Å²) in [6.07, 6.45) is 1.81. The molecule has 0 aliphatic rings. The second-order valence-corrected chi connectivity index (χ2v) is 5.97. The highest BCUT2D eigenvalue weighted by atomic mass is 16.3. The van der Waals surface area contributed by atoms with Crippen molar-refractivity contribution in [3.05, 3.63) is 35.4 Å². The first kappa shape index (κ1) is 15.2. The van der Waals surface area contributed by atoms with Gasteiger partial charge in [0.2, 0.25) is 0 Å². The molecule has 0 saturated carbocycles. The Balaban J connectivity index is 2.94. The topological polar surface area (TPSA) is 46.2 Å². The minimum atomic E-state index is -0.148. The van der Waals surface area contributed by atoms with Crippen molar-refractivity contribution in [3.63, 3.8) is 0 Å². The Morgan fingerprint density at radius 2 is 1.72 bits per heavy atom. The number of nitrogens with two attached hydrogens (primary N) is 1. The lowest BCUT2D eigenvalue weighted by molar-refractivity contribution is 0.229. The van der Waals surface area contributed by atoms with Crippen LogP contribution in [-0.4, -0.2) is 17.8 Å². The van der Waals surface area contributed by atoms with Gasteiger partial charge in [-0.3, -0.25) is 0 Å². The molecule has 0 fully saturated rings. The van der Waals surface area contributed by atoms with E-state index in [1.54, 1.807) is 0 Å². The van der Waals surface area contributed by atoms with Gasteiger partial charge in [-0.05, 0) is 36.8 Å². The first-order chi connectivity index (χ1) is 8.40. The normalized spacial score (nSPS) is 16.6. The molecule has 3 N–H and O–H groups in total. The van der Waals surface area contributed by atoms with Crippen molar-refractivity contribution in [1.82, 2.24) is 0 Å². The molecule has 2 atom stereocenters. The molecule has 2 heteroatoms. The van der Waals surface area contributed by atoms with Gasteiger partial charge < -0.3 is 10.8 Å². The zero-order valence-electron chi connectivity index (χ0n) is 12.1. The van der Waals surface area contributed by atoms with Crippen molar-refractivity contribution in [2.75, 3.05) is 6.61 Å². The Hall–Kier alpha value is -0.860. The molecule has 102 valence electrons. The third-order valence-electron chi connectivity index (χ3n) is 3.89. The van der Waals surface area contributed by atoms with Crippen LogP contribution in [0.25, 0.3) is 0 Å². The smallest absolute Gasteiger partial charge is 0.0440 e. The lowest BCUT2D eigenvalue weighted by Crippen LogP contribution is -2.41. The summed E-state index contributed by atoms with van der Waals surface area (Å²) in [5.74, 6) is 0.674. The van der Waals surface area contributed by atoms with E-state index in [1.807, 2.05) is 6.92 Å². The van der Waals surface area contributed by atoms with E-state index in [0.29, 0.717) is 12.3 Å². The summed E-state index contributed by atoms with van der Waals surface area (Å²) in [5, 5.41) is 9.23. The lowest BCUT2D eigenvalue weighted by atomic mass is 9.74. The van der Waals surface area contributed by atoms with E-state index < -0.39 is 0 Å². The molecule has 1 aromatic rings. The van der Waals surface area contributed by atoms with Gasteiger partial charge in [-0.15, -0.1) is 0 Å². The third kappa shape index (κ3) is 3.56. The third-order valence-corrected chi connectivity index (χ3v) is 3.89. The van der Waals surface area contributed by atoms with Crippen LogP contribution < -0.4 is 5.73 Å². The molecular formula is C16H27NO. The summed E-state index contributed by atoms with van der Waals surface area (Å²) in [6, 6.07) is 8.73. The first-order valence-electron chi connectivity index (χ1n) is 6.86. The largest absolute Gasteiger partial charge is 0.396 e. The molecule has 2 nitrogen and oxygen atoms in total. The fourth-order valence-corrected chi connectivity index (χ4v) is 2.36. The van der Waals surface area contributed by atoms with Crippen LogP contribution in [0.4, 0.5) is 0 Å². The van der Waals surface area contributed by atoms with Crippen molar-refractivity contribution in [1.29, 1.82) is 0 Å². The van der Waals surface area contributed by atoms with E-state index in [1.165, 1.54) is 11.1 Å². The predicted molar refractivity (Wildman–Crippen MR) is 77.7 cm³/mol. The molecule has 0 aromatic heterocycles. The van der Waals surface area contributed by atoms with Gasteiger partial charge in [0.1, 0.15) is 0 Å². The minimum Gasteiger partial charge on any atom is -0.396 e. The Kier molecular flexibility index (Phi) is 5.36. The second kappa shape index (κ2) is 6.35. The van der Waals surface area contributed by atoms with Gasteiger partial charge >= 0.3 is 0 Å². The molecule has 2 unspecified atom stereocenters. The zero-order valence-corrected chi connectivity index (χ0v) is 12.1. The first-order valence-corrected chi connectivity index (χ1v) is 6.86. The maximum Gasteiger partial charge on any atom is 0.0440 e. The van der Waals surface area contributed by atoms with E-state index in [0.717, 1.165) is 6.42 Å². The lowest BCUT2D eigenvalue weighted by Gasteiger charge is -2.34. The maximum atomic E-state index is 9.23. The van der Waals surface area contributed by atoms with Crippen LogP contribution in [0.1, 0.15) is 45.2 Å². The highest BCUT2D eigenvalue weighted by Gasteiger charge is 2.30. The molecule has 0 heterocycles. The molecule has 0 aliphatic carbocycles. The molecular weight excluding hydrogens is 222 g/mol. The van der Waals surface area contributed by atoms with Gasteiger partial charge in [-0.2, -0.15) is 0 Å². The Labute approximate surface area is 111 Å². The highest BCUT2D eigenvalue weighted by Crippen LogP contribution is 2.30. The summed E-state index contributed by atoms with van der Waals surface area (Å²) >= 11 is 0. The van der Waals surface area contributed by atoms with Crippen LogP contribution in [0.3, 0.4) is 0 Å². The van der Waals surface area contributed by atoms with Crippen LogP contribution in [0.2, 0.25) is 0 Å². The van der Waals surface area contributed by atoms with Gasteiger partial charge in [-0.25, -0.2) is 0 Å². The van der Waals surface area contributed by atoms with E-state index in [4.69, 9.17) is 5.73 Å². The molecule has 0 amide bonds. The van der Waals surface area contributed by atoms with E-state index >= 15 is 0 Å². The van der Waals surface area contributed by atoms with Crippen molar-refractivity contribution in [3.8, 4) is 0 Å². The standard InChI is InChI=1S/C16H27NO/c1-12(2)11-14-5-7-15(8-6-14)16(4,9-10-18)13(3)17/h5-8,12-13,18H,9-11,17H2,1-4H3. The number of rotatable bonds is 6.